The summed E-state index contributed by atoms with van der Waals surface area (Å²) in [4.78, 5) is 0.395. The summed E-state index contributed by atoms with van der Waals surface area (Å²) >= 11 is 7.05. The van der Waals surface area contributed by atoms with Crippen molar-refractivity contribution in [2.45, 2.75) is 33.6 Å². The maximum atomic E-state index is 5.90. The van der Waals surface area contributed by atoms with E-state index < -0.39 is 0 Å². The monoisotopic (exact) mass is 312 g/mol. The van der Waals surface area contributed by atoms with Gasteiger partial charge in [-0.25, -0.2) is 0 Å². The van der Waals surface area contributed by atoms with Crippen LogP contribution in [-0.4, -0.2) is 33.7 Å². The minimum atomic E-state index is 0.395. The molecule has 0 aliphatic heterocycles. The summed E-state index contributed by atoms with van der Waals surface area (Å²) in [5.41, 5.74) is 8.87. The van der Waals surface area contributed by atoms with E-state index in [0.717, 1.165) is 47.8 Å². The Hall–Kier alpha value is -0.880. The summed E-state index contributed by atoms with van der Waals surface area (Å²) in [5.74, 6) is 2.39. The van der Waals surface area contributed by atoms with Crippen molar-refractivity contribution in [3.63, 3.8) is 0 Å². The number of aromatic nitrogens is 2. The fourth-order valence-electron chi connectivity index (χ4n) is 2.18. The molecule has 1 atom stereocenters. The van der Waals surface area contributed by atoms with Crippen molar-refractivity contribution in [1.29, 1.82) is 0 Å². The molecule has 0 radical (unpaired) electrons. The van der Waals surface area contributed by atoms with Gasteiger partial charge in [0.2, 0.25) is 0 Å². The van der Waals surface area contributed by atoms with Crippen LogP contribution in [0.5, 0.6) is 0 Å². The number of hydrogen-bond donors (Lipinski definition) is 2. The number of hydrogen-bond acceptors (Lipinski definition) is 5. The smallest absolute Gasteiger partial charge is 0.159 e. The Labute approximate surface area is 131 Å². The summed E-state index contributed by atoms with van der Waals surface area (Å²) < 4.78 is 0. The summed E-state index contributed by atoms with van der Waals surface area (Å²) in [7, 11) is 0. The molecular weight excluding hydrogens is 288 g/mol. The quantitative estimate of drug-likeness (QED) is 0.720. The van der Waals surface area contributed by atoms with Gasteiger partial charge in [-0.3, -0.25) is 0 Å². The molecule has 4 nitrogen and oxygen atoms in total. The highest BCUT2D eigenvalue weighted by molar-refractivity contribution is 7.98. The number of nitrogens with one attached hydrogen (secondary N) is 1. The van der Waals surface area contributed by atoms with Crippen LogP contribution in [0.3, 0.4) is 0 Å². The molecule has 1 aromatic heterocycles. The van der Waals surface area contributed by atoms with Crippen LogP contribution < -0.4 is 11.1 Å². The van der Waals surface area contributed by atoms with Gasteiger partial charge < -0.3 is 11.1 Å². The number of aryl methyl sites for hydroxylation is 1. The minimum absolute atomic E-state index is 0.395. The van der Waals surface area contributed by atoms with Crippen molar-refractivity contribution in [1.82, 2.24) is 10.2 Å². The van der Waals surface area contributed by atoms with Gasteiger partial charge in [-0.15, -0.1) is 5.10 Å². The van der Waals surface area contributed by atoms with Gasteiger partial charge in [-0.1, -0.05) is 33.0 Å². The van der Waals surface area contributed by atoms with Crippen LogP contribution in [0.2, 0.25) is 0 Å². The second kappa shape index (κ2) is 8.42. The fraction of sp³-hybridized carbons (Fsp3) is 0.643. The SMILES string of the molecule is CCc1nnc(NCC(C)CSC)c(C(N)=S)c1CC. The van der Waals surface area contributed by atoms with Gasteiger partial charge in [-0.2, -0.15) is 16.9 Å². The second-order valence-electron chi connectivity index (χ2n) is 4.86. The van der Waals surface area contributed by atoms with Gasteiger partial charge in [0, 0.05) is 6.54 Å². The molecule has 1 rings (SSSR count). The molecule has 112 valence electrons. The highest BCUT2D eigenvalue weighted by Crippen LogP contribution is 2.21. The van der Waals surface area contributed by atoms with E-state index in [2.05, 4.69) is 42.5 Å². The Bertz CT molecular complexity index is 463. The van der Waals surface area contributed by atoms with Gasteiger partial charge in [0.05, 0.1) is 11.3 Å². The number of thiocarbonyl (C=S) groups is 1. The molecule has 0 aliphatic rings. The zero-order chi connectivity index (χ0) is 15.1. The average molecular weight is 313 g/mol. The molecule has 1 heterocycles. The molecule has 0 saturated heterocycles. The fourth-order valence-corrected chi connectivity index (χ4v) is 3.08. The molecule has 0 spiro atoms. The molecule has 0 bridgehead atoms. The predicted molar refractivity (Wildman–Crippen MR) is 92.7 cm³/mol. The number of rotatable bonds is 8. The molecule has 1 unspecified atom stereocenters. The Morgan fingerprint density at radius 3 is 2.55 bits per heavy atom. The van der Waals surface area contributed by atoms with Crippen LogP contribution in [-0.2, 0) is 12.8 Å². The summed E-state index contributed by atoms with van der Waals surface area (Å²) in [5, 5.41) is 11.9. The lowest BCUT2D eigenvalue weighted by atomic mass is 10.0. The third kappa shape index (κ3) is 4.31. The first-order chi connectivity index (χ1) is 9.54. The van der Waals surface area contributed by atoms with Crippen molar-refractivity contribution >= 4 is 34.8 Å². The van der Waals surface area contributed by atoms with Crippen LogP contribution >= 0.6 is 24.0 Å². The second-order valence-corrected chi connectivity index (χ2v) is 6.21. The highest BCUT2D eigenvalue weighted by Gasteiger charge is 2.16. The van der Waals surface area contributed by atoms with E-state index in [-0.39, 0.29) is 0 Å². The van der Waals surface area contributed by atoms with E-state index in [0.29, 0.717) is 10.9 Å². The van der Waals surface area contributed by atoms with Crippen LogP contribution in [0.1, 0.15) is 37.6 Å². The van der Waals surface area contributed by atoms with Crippen LogP contribution in [0.15, 0.2) is 0 Å². The molecular formula is C14H24N4S2. The van der Waals surface area contributed by atoms with E-state index in [1.165, 1.54) is 0 Å². The van der Waals surface area contributed by atoms with Crippen molar-refractivity contribution in [2.75, 3.05) is 23.9 Å². The summed E-state index contributed by atoms with van der Waals surface area (Å²) in [6.07, 6.45) is 3.82. The van der Waals surface area contributed by atoms with Crippen molar-refractivity contribution in [2.24, 2.45) is 11.7 Å². The lowest BCUT2D eigenvalue weighted by molar-refractivity contribution is 0.696. The molecule has 3 N–H and O–H groups in total. The number of thioether (sulfide) groups is 1. The maximum Gasteiger partial charge on any atom is 0.159 e. The highest BCUT2D eigenvalue weighted by atomic mass is 32.2. The largest absolute Gasteiger partial charge is 0.389 e. The van der Waals surface area contributed by atoms with Gasteiger partial charge >= 0.3 is 0 Å². The summed E-state index contributed by atoms with van der Waals surface area (Å²) in [6, 6.07) is 0. The molecule has 0 saturated carbocycles. The normalized spacial score (nSPS) is 12.2. The zero-order valence-electron chi connectivity index (χ0n) is 12.7. The first kappa shape index (κ1) is 17.2. The zero-order valence-corrected chi connectivity index (χ0v) is 14.3. The van der Waals surface area contributed by atoms with Crippen molar-refractivity contribution < 1.29 is 0 Å². The van der Waals surface area contributed by atoms with Crippen LogP contribution in [0, 0.1) is 5.92 Å². The molecule has 0 fully saturated rings. The Morgan fingerprint density at radius 1 is 1.35 bits per heavy atom. The number of nitrogens with two attached hydrogens (primary N) is 1. The standard InChI is InChI=1S/C14H24N4S2/c1-5-10-11(6-2)17-18-14(12(10)13(15)19)16-7-9(3)8-20-4/h9H,5-8H2,1-4H3,(H2,15,19)(H,16,18). The van der Waals surface area contributed by atoms with E-state index in [9.17, 15) is 0 Å². The maximum absolute atomic E-state index is 5.90. The Kier molecular flexibility index (Phi) is 7.23. The van der Waals surface area contributed by atoms with Gasteiger partial charge in [0.25, 0.3) is 0 Å². The molecule has 1 aromatic rings. The van der Waals surface area contributed by atoms with Gasteiger partial charge in [0.15, 0.2) is 5.82 Å². The average Bonchev–Trinajstić information content (AvgIpc) is 2.43. The molecule has 20 heavy (non-hydrogen) atoms. The molecule has 0 amide bonds. The third-order valence-electron chi connectivity index (χ3n) is 3.16. The van der Waals surface area contributed by atoms with Crippen molar-refractivity contribution in [3.8, 4) is 0 Å². The van der Waals surface area contributed by atoms with E-state index in [1.54, 1.807) is 0 Å². The van der Waals surface area contributed by atoms with Crippen molar-refractivity contribution in [3.05, 3.63) is 16.8 Å². The number of nitrogens with zero attached hydrogens (tertiary/aromatic N) is 2. The molecule has 0 aliphatic carbocycles. The van der Waals surface area contributed by atoms with E-state index in [4.69, 9.17) is 18.0 Å². The molecule has 6 heteroatoms. The topological polar surface area (TPSA) is 63.8 Å². The van der Waals surface area contributed by atoms with Crippen LogP contribution in [0.4, 0.5) is 5.82 Å². The lowest BCUT2D eigenvalue weighted by Gasteiger charge is -2.17. The third-order valence-corrected chi connectivity index (χ3v) is 4.27. The van der Waals surface area contributed by atoms with E-state index in [1.807, 2.05) is 11.8 Å². The van der Waals surface area contributed by atoms with Gasteiger partial charge in [-0.05, 0) is 36.3 Å². The summed E-state index contributed by atoms with van der Waals surface area (Å²) in [6.45, 7) is 7.22. The van der Waals surface area contributed by atoms with Crippen LogP contribution in [0.25, 0.3) is 0 Å². The lowest BCUT2D eigenvalue weighted by Crippen LogP contribution is -2.22. The predicted octanol–water partition coefficient (Wildman–Crippen LogP) is 2.65. The Morgan fingerprint density at radius 2 is 2.05 bits per heavy atom. The van der Waals surface area contributed by atoms with Gasteiger partial charge in [0.1, 0.15) is 4.99 Å². The molecule has 0 aromatic carbocycles. The first-order valence-corrected chi connectivity index (χ1v) is 8.76. The minimum Gasteiger partial charge on any atom is -0.389 e. The first-order valence-electron chi connectivity index (χ1n) is 6.96. The Balaban J connectivity index is 3.04. The van der Waals surface area contributed by atoms with E-state index >= 15 is 0 Å². The number of anilines is 1.